The van der Waals surface area contributed by atoms with Gasteiger partial charge in [0, 0.05) is 19.6 Å². The molecule has 0 N–H and O–H groups in total. The van der Waals surface area contributed by atoms with E-state index in [1.54, 1.807) is 0 Å². The molecule has 0 bridgehead atoms. The van der Waals surface area contributed by atoms with Crippen LogP contribution in [0.2, 0.25) is 0 Å². The van der Waals surface area contributed by atoms with Crippen LogP contribution in [0.4, 0.5) is 4.39 Å². The quantitative estimate of drug-likeness (QED) is 0.868. The number of methoxy groups -OCH3 is 1. The van der Waals surface area contributed by atoms with Crippen molar-refractivity contribution in [2.75, 3.05) is 33.8 Å². The lowest BCUT2D eigenvalue weighted by Crippen LogP contribution is -2.49. The van der Waals surface area contributed by atoms with Crippen molar-refractivity contribution >= 4 is 5.91 Å². The van der Waals surface area contributed by atoms with E-state index in [1.165, 1.54) is 25.3 Å². The van der Waals surface area contributed by atoms with Crippen LogP contribution in [0, 0.1) is 5.82 Å². The highest BCUT2D eigenvalue weighted by atomic mass is 19.1. The molecule has 1 atom stereocenters. The van der Waals surface area contributed by atoms with Crippen molar-refractivity contribution in [2.24, 2.45) is 0 Å². The van der Waals surface area contributed by atoms with Gasteiger partial charge in [0.2, 0.25) is 0 Å². The van der Waals surface area contributed by atoms with E-state index in [9.17, 15) is 9.18 Å². The second kappa shape index (κ2) is 7.01. The number of amides is 1. The van der Waals surface area contributed by atoms with Gasteiger partial charge in [-0.15, -0.1) is 0 Å². The molecule has 1 aliphatic heterocycles. The zero-order valence-electron chi connectivity index (χ0n) is 13.9. The summed E-state index contributed by atoms with van der Waals surface area (Å²) in [6.45, 7) is 2.12. The SMILES string of the molecule is COc1ccc(F)cc1C(=O)N1CCN(C)CC1c1ccccc1. The van der Waals surface area contributed by atoms with Crippen molar-refractivity contribution in [2.45, 2.75) is 6.04 Å². The van der Waals surface area contributed by atoms with Gasteiger partial charge >= 0.3 is 0 Å². The highest BCUT2D eigenvalue weighted by Crippen LogP contribution is 2.29. The Morgan fingerprint density at radius 1 is 1.17 bits per heavy atom. The van der Waals surface area contributed by atoms with Gasteiger partial charge in [-0.05, 0) is 30.8 Å². The Morgan fingerprint density at radius 3 is 2.62 bits per heavy atom. The summed E-state index contributed by atoms with van der Waals surface area (Å²) in [5.41, 5.74) is 1.34. The molecular formula is C19H21FN2O2. The van der Waals surface area contributed by atoms with Gasteiger partial charge in [0.1, 0.15) is 11.6 Å². The van der Waals surface area contributed by atoms with Crippen LogP contribution < -0.4 is 4.74 Å². The van der Waals surface area contributed by atoms with Crippen LogP contribution in [0.15, 0.2) is 48.5 Å². The predicted molar refractivity (Wildman–Crippen MR) is 90.7 cm³/mol. The molecule has 126 valence electrons. The monoisotopic (exact) mass is 328 g/mol. The summed E-state index contributed by atoms with van der Waals surface area (Å²) in [5.74, 6) is -0.245. The molecule has 3 rings (SSSR count). The van der Waals surface area contributed by atoms with Crippen molar-refractivity contribution in [1.29, 1.82) is 0 Å². The Kier molecular flexibility index (Phi) is 4.81. The molecule has 1 unspecified atom stereocenters. The number of nitrogens with zero attached hydrogens (tertiary/aromatic N) is 2. The summed E-state index contributed by atoms with van der Waals surface area (Å²) in [4.78, 5) is 17.1. The van der Waals surface area contributed by atoms with Crippen LogP contribution in [0.1, 0.15) is 22.0 Å². The number of piperazine rings is 1. The van der Waals surface area contributed by atoms with E-state index in [-0.39, 0.29) is 17.5 Å². The summed E-state index contributed by atoms with van der Waals surface area (Å²) in [6, 6.07) is 13.9. The molecule has 1 aliphatic rings. The third kappa shape index (κ3) is 3.26. The molecule has 1 heterocycles. The first-order valence-electron chi connectivity index (χ1n) is 7.98. The maximum atomic E-state index is 13.7. The molecule has 0 spiro atoms. The van der Waals surface area contributed by atoms with Crippen LogP contribution in [-0.4, -0.2) is 49.5 Å². The Hall–Kier alpha value is -2.40. The van der Waals surface area contributed by atoms with E-state index in [0.29, 0.717) is 12.3 Å². The minimum atomic E-state index is -0.440. The van der Waals surface area contributed by atoms with Crippen LogP contribution in [0.3, 0.4) is 0 Å². The van der Waals surface area contributed by atoms with E-state index >= 15 is 0 Å². The second-order valence-corrected chi connectivity index (χ2v) is 6.03. The Balaban J connectivity index is 1.96. The molecule has 1 saturated heterocycles. The van der Waals surface area contributed by atoms with Gasteiger partial charge in [-0.2, -0.15) is 0 Å². The van der Waals surface area contributed by atoms with Gasteiger partial charge in [0.15, 0.2) is 0 Å². The van der Waals surface area contributed by atoms with E-state index in [1.807, 2.05) is 42.3 Å². The van der Waals surface area contributed by atoms with E-state index < -0.39 is 5.82 Å². The van der Waals surface area contributed by atoms with E-state index in [4.69, 9.17) is 4.74 Å². The van der Waals surface area contributed by atoms with Gasteiger partial charge in [-0.25, -0.2) is 4.39 Å². The van der Waals surface area contributed by atoms with Gasteiger partial charge in [-0.1, -0.05) is 30.3 Å². The molecule has 0 radical (unpaired) electrons. The van der Waals surface area contributed by atoms with Gasteiger partial charge in [0.25, 0.3) is 5.91 Å². The molecule has 24 heavy (non-hydrogen) atoms. The molecule has 0 aromatic heterocycles. The third-order valence-electron chi connectivity index (χ3n) is 4.42. The first-order chi connectivity index (χ1) is 11.6. The number of rotatable bonds is 3. The topological polar surface area (TPSA) is 32.8 Å². The van der Waals surface area contributed by atoms with Gasteiger partial charge < -0.3 is 14.5 Å². The normalized spacial score (nSPS) is 18.5. The average molecular weight is 328 g/mol. The zero-order chi connectivity index (χ0) is 17.1. The zero-order valence-corrected chi connectivity index (χ0v) is 13.9. The summed E-state index contributed by atoms with van der Waals surface area (Å²) < 4.78 is 18.9. The summed E-state index contributed by atoms with van der Waals surface area (Å²) in [6.07, 6.45) is 0. The smallest absolute Gasteiger partial charge is 0.258 e. The lowest BCUT2D eigenvalue weighted by Gasteiger charge is -2.40. The van der Waals surface area contributed by atoms with Gasteiger partial charge in [0.05, 0.1) is 18.7 Å². The number of carbonyl (C=O) groups excluding carboxylic acids is 1. The summed E-state index contributed by atoms with van der Waals surface area (Å²) in [7, 11) is 3.53. The molecule has 2 aromatic carbocycles. The Bertz CT molecular complexity index is 721. The lowest BCUT2D eigenvalue weighted by molar-refractivity contribution is 0.0494. The number of hydrogen-bond donors (Lipinski definition) is 0. The van der Waals surface area contributed by atoms with Crippen molar-refractivity contribution < 1.29 is 13.9 Å². The molecular weight excluding hydrogens is 307 g/mol. The number of benzene rings is 2. The highest BCUT2D eigenvalue weighted by molar-refractivity contribution is 5.97. The van der Waals surface area contributed by atoms with Crippen LogP contribution in [0.5, 0.6) is 5.75 Å². The highest BCUT2D eigenvalue weighted by Gasteiger charge is 2.32. The van der Waals surface area contributed by atoms with Crippen molar-refractivity contribution in [3.05, 3.63) is 65.5 Å². The Morgan fingerprint density at radius 2 is 1.92 bits per heavy atom. The number of likely N-dealkylation sites (N-methyl/N-ethyl adjacent to an activating group) is 1. The third-order valence-corrected chi connectivity index (χ3v) is 4.42. The molecule has 1 amide bonds. The van der Waals surface area contributed by atoms with Crippen molar-refractivity contribution in [1.82, 2.24) is 9.80 Å². The molecule has 1 fully saturated rings. The number of ether oxygens (including phenoxy) is 1. The minimum Gasteiger partial charge on any atom is -0.496 e. The number of hydrogen-bond acceptors (Lipinski definition) is 3. The largest absolute Gasteiger partial charge is 0.496 e. The molecule has 2 aromatic rings. The second-order valence-electron chi connectivity index (χ2n) is 6.03. The Labute approximate surface area is 141 Å². The maximum Gasteiger partial charge on any atom is 0.258 e. The van der Waals surface area contributed by atoms with Gasteiger partial charge in [-0.3, -0.25) is 4.79 Å². The molecule has 4 nitrogen and oxygen atoms in total. The number of carbonyl (C=O) groups is 1. The summed E-state index contributed by atoms with van der Waals surface area (Å²) in [5, 5.41) is 0. The maximum absolute atomic E-state index is 13.7. The predicted octanol–water partition coefficient (Wildman–Crippen LogP) is 2.96. The molecule has 0 aliphatic carbocycles. The fraction of sp³-hybridized carbons (Fsp3) is 0.316. The first-order valence-corrected chi connectivity index (χ1v) is 7.98. The standard InChI is InChI=1S/C19H21FN2O2/c1-21-10-11-22(17(13-21)14-6-4-3-5-7-14)19(23)16-12-15(20)8-9-18(16)24-2/h3-9,12,17H,10-11,13H2,1-2H3. The molecule has 0 saturated carbocycles. The van der Waals surface area contributed by atoms with Crippen molar-refractivity contribution in [3.63, 3.8) is 0 Å². The molecule has 5 heteroatoms. The fourth-order valence-electron chi connectivity index (χ4n) is 3.13. The average Bonchev–Trinajstić information content (AvgIpc) is 2.62. The lowest BCUT2D eigenvalue weighted by atomic mass is 10.0. The number of halogens is 1. The van der Waals surface area contributed by atoms with Crippen molar-refractivity contribution in [3.8, 4) is 5.75 Å². The van der Waals surface area contributed by atoms with Crippen LogP contribution >= 0.6 is 0 Å². The van der Waals surface area contributed by atoms with E-state index in [0.717, 1.165) is 18.7 Å². The minimum absolute atomic E-state index is 0.0644. The fourth-order valence-corrected chi connectivity index (χ4v) is 3.13. The summed E-state index contributed by atoms with van der Waals surface area (Å²) >= 11 is 0. The van der Waals surface area contributed by atoms with Crippen LogP contribution in [-0.2, 0) is 0 Å². The van der Waals surface area contributed by atoms with E-state index in [2.05, 4.69) is 4.90 Å². The first kappa shape index (κ1) is 16.5. The van der Waals surface area contributed by atoms with Crippen LogP contribution in [0.25, 0.3) is 0 Å².